The minimum atomic E-state index is -0.301. The van der Waals surface area contributed by atoms with E-state index in [0.717, 1.165) is 42.8 Å². The van der Waals surface area contributed by atoms with Gasteiger partial charge in [-0.1, -0.05) is 36.8 Å². The number of ether oxygens (including phenoxy) is 1. The SMILES string of the molecule is COc1ccc(/C=N/NC(=O)[C@@H](c2ccccc2)N2CCCCC2)cc1. The summed E-state index contributed by atoms with van der Waals surface area (Å²) in [6.07, 6.45) is 5.14. The lowest BCUT2D eigenvalue weighted by molar-refractivity contribution is -0.127. The molecule has 0 saturated carbocycles. The van der Waals surface area contributed by atoms with Gasteiger partial charge in [-0.25, -0.2) is 5.43 Å². The van der Waals surface area contributed by atoms with E-state index in [-0.39, 0.29) is 11.9 Å². The van der Waals surface area contributed by atoms with Crippen LogP contribution in [0.1, 0.15) is 36.4 Å². The lowest BCUT2D eigenvalue weighted by atomic mass is 10.0. The monoisotopic (exact) mass is 351 g/mol. The Morgan fingerprint density at radius 3 is 2.42 bits per heavy atom. The normalized spacial score (nSPS) is 16.3. The van der Waals surface area contributed by atoms with Gasteiger partial charge in [0, 0.05) is 0 Å². The summed E-state index contributed by atoms with van der Waals surface area (Å²) in [4.78, 5) is 15.1. The Morgan fingerprint density at radius 1 is 1.08 bits per heavy atom. The Bertz CT molecular complexity index is 723. The highest BCUT2D eigenvalue weighted by molar-refractivity contribution is 5.85. The topological polar surface area (TPSA) is 53.9 Å². The molecular weight excluding hydrogens is 326 g/mol. The lowest BCUT2D eigenvalue weighted by Gasteiger charge is -2.33. The molecule has 136 valence electrons. The standard InChI is InChI=1S/C21H25N3O2/c1-26-19-12-10-17(11-13-19)16-22-23-21(25)20(18-8-4-2-5-9-18)24-14-6-3-7-15-24/h2,4-5,8-13,16,20H,3,6-7,14-15H2,1H3,(H,23,25)/b22-16+/t20-/m1/s1. The number of hydrazone groups is 1. The third-order valence-corrected chi connectivity index (χ3v) is 4.62. The van der Waals surface area contributed by atoms with Crippen molar-refractivity contribution in [3.8, 4) is 5.75 Å². The Labute approximate surface area is 154 Å². The van der Waals surface area contributed by atoms with Crippen molar-refractivity contribution in [3.05, 3.63) is 65.7 Å². The van der Waals surface area contributed by atoms with Crippen LogP contribution in [0.2, 0.25) is 0 Å². The molecule has 0 radical (unpaired) electrons. The van der Waals surface area contributed by atoms with Gasteiger partial charge >= 0.3 is 0 Å². The largest absolute Gasteiger partial charge is 0.497 e. The highest BCUT2D eigenvalue weighted by Crippen LogP contribution is 2.24. The first kappa shape index (κ1) is 18.1. The maximum absolute atomic E-state index is 12.8. The molecule has 5 heteroatoms. The summed E-state index contributed by atoms with van der Waals surface area (Å²) >= 11 is 0. The fourth-order valence-electron chi connectivity index (χ4n) is 3.26. The van der Waals surface area contributed by atoms with E-state index in [9.17, 15) is 4.79 Å². The number of hydrogen-bond donors (Lipinski definition) is 1. The number of nitrogens with zero attached hydrogens (tertiary/aromatic N) is 2. The minimum absolute atomic E-state index is 0.0946. The Hall–Kier alpha value is -2.66. The summed E-state index contributed by atoms with van der Waals surface area (Å²) < 4.78 is 5.14. The predicted molar refractivity (Wildman–Crippen MR) is 103 cm³/mol. The molecule has 1 aliphatic heterocycles. The van der Waals surface area contributed by atoms with Gasteiger partial charge < -0.3 is 4.74 Å². The van der Waals surface area contributed by atoms with Crippen LogP contribution in [-0.2, 0) is 4.79 Å². The van der Waals surface area contributed by atoms with E-state index in [2.05, 4.69) is 15.4 Å². The van der Waals surface area contributed by atoms with E-state index in [1.807, 2.05) is 54.6 Å². The Kier molecular flexibility index (Phi) is 6.39. The van der Waals surface area contributed by atoms with E-state index in [0.29, 0.717) is 0 Å². The molecule has 1 heterocycles. The summed E-state index contributed by atoms with van der Waals surface area (Å²) in [6, 6.07) is 17.1. The van der Waals surface area contributed by atoms with Crippen molar-refractivity contribution in [3.63, 3.8) is 0 Å². The molecular formula is C21H25N3O2. The predicted octanol–water partition coefficient (Wildman–Crippen LogP) is 3.37. The second kappa shape index (κ2) is 9.15. The van der Waals surface area contributed by atoms with Crippen LogP contribution in [0.3, 0.4) is 0 Å². The number of rotatable bonds is 6. The first-order valence-corrected chi connectivity index (χ1v) is 9.04. The fraction of sp³-hybridized carbons (Fsp3) is 0.333. The molecule has 0 aliphatic carbocycles. The lowest BCUT2D eigenvalue weighted by Crippen LogP contribution is -2.41. The zero-order chi connectivity index (χ0) is 18.2. The van der Waals surface area contributed by atoms with Gasteiger partial charge in [0.1, 0.15) is 11.8 Å². The molecule has 2 aromatic carbocycles. The molecule has 0 bridgehead atoms. The number of hydrogen-bond acceptors (Lipinski definition) is 4. The van der Waals surface area contributed by atoms with Gasteiger partial charge in [-0.15, -0.1) is 0 Å². The number of benzene rings is 2. The average Bonchev–Trinajstić information content (AvgIpc) is 2.70. The van der Waals surface area contributed by atoms with Crippen molar-refractivity contribution in [2.24, 2.45) is 5.10 Å². The first-order chi connectivity index (χ1) is 12.8. The van der Waals surface area contributed by atoms with Crippen LogP contribution in [-0.4, -0.2) is 37.2 Å². The number of carbonyl (C=O) groups is 1. The molecule has 1 saturated heterocycles. The van der Waals surface area contributed by atoms with Crippen LogP contribution < -0.4 is 10.2 Å². The third kappa shape index (κ3) is 4.70. The van der Waals surface area contributed by atoms with Crippen molar-refractivity contribution in [2.45, 2.75) is 25.3 Å². The van der Waals surface area contributed by atoms with E-state index < -0.39 is 0 Å². The Balaban J connectivity index is 1.69. The maximum atomic E-state index is 12.8. The molecule has 2 aromatic rings. The second-order valence-corrected chi connectivity index (χ2v) is 6.42. The quantitative estimate of drug-likeness (QED) is 0.641. The molecule has 1 fully saturated rings. The van der Waals surface area contributed by atoms with E-state index in [1.54, 1.807) is 13.3 Å². The molecule has 0 aromatic heterocycles. The number of amides is 1. The third-order valence-electron chi connectivity index (χ3n) is 4.62. The van der Waals surface area contributed by atoms with Crippen LogP contribution in [0.5, 0.6) is 5.75 Å². The number of likely N-dealkylation sites (tertiary alicyclic amines) is 1. The van der Waals surface area contributed by atoms with Crippen molar-refractivity contribution in [2.75, 3.05) is 20.2 Å². The van der Waals surface area contributed by atoms with Crippen LogP contribution in [0, 0.1) is 0 Å². The van der Waals surface area contributed by atoms with Gasteiger partial charge in [-0.3, -0.25) is 9.69 Å². The van der Waals surface area contributed by atoms with Crippen LogP contribution in [0.15, 0.2) is 59.7 Å². The highest BCUT2D eigenvalue weighted by atomic mass is 16.5. The number of methoxy groups -OCH3 is 1. The van der Waals surface area contributed by atoms with Crippen molar-refractivity contribution in [1.29, 1.82) is 0 Å². The highest BCUT2D eigenvalue weighted by Gasteiger charge is 2.28. The van der Waals surface area contributed by atoms with Gasteiger partial charge in [-0.2, -0.15) is 5.10 Å². The number of nitrogens with one attached hydrogen (secondary N) is 1. The molecule has 1 atom stereocenters. The van der Waals surface area contributed by atoms with Gasteiger partial charge in [0.05, 0.1) is 13.3 Å². The van der Waals surface area contributed by atoms with E-state index in [1.165, 1.54) is 6.42 Å². The van der Waals surface area contributed by atoms with Crippen LogP contribution in [0.25, 0.3) is 0 Å². The molecule has 0 unspecified atom stereocenters. The van der Waals surface area contributed by atoms with Gasteiger partial charge in [0.2, 0.25) is 0 Å². The molecule has 1 amide bonds. The Morgan fingerprint density at radius 2 is 1.77 bits per heavy atom. The van der Waals surface area contributed by atoms with E-state index >= 15 is 0 Å². The first-order valence-electron chi connectivity index (χ1n) is 9.04. The molecule has 0 spiro atoms. The van der Waals surface area contributed by atoms with Gasteiger partial charge in [0.25, 0.3) is 5.91 Å². The van der Waals surface area contributed by atoms with Crippen molar-refractivity contribution in [1.82, 2.24) is 10.3 Å². The molecule has 1 N–H and O–H groups in total. The maximum Gasteiger partial charge on any atom is 0.262 e. The molecule has 1 aliphatic rings. The summed E-state index contributed by atoms with van der Waals surface area (Å²) in [5.74, 6) is 0.697. The summed E-state index contributed by atoms with van der Waals surface area (Å²) in [6.45, 7) is 1.88. The van der Waals surface area contributed by atoms with Crippen molar-refractivity contribution >= 4 is 12.1 Å². The minimum Gasteiger partial charge on any atom is -0.497 e. The summed E-state index contributed by atoms with van der Waals surface area (Å²) in [5.41, 5.74) is 4.62. The molecule has 5 nitrogen and oxygen atoms in total. The van der Waals surface area contributed by atoms with Gasteiger partial charge in [-0.05, 0) is 61.3 Å². The fourth-order valence-corrected chi connectivity index (χ4v) is 3.26. The molecule has 26 heavy (non-hydrogen) atoms. The van der Waals surface area contributed by atoms with E-state index in [4.69, 9.17) is 4.74 Å². The summed E-state index contributed by atoms with van der Waals surface area (Å²) in [7, 11) is 1.63. The molecule has 3 rings (SSSR count). The number of piperidine rings is 1. The average molecular weight is 351 g/mol. The van der Waals surface area contributed by atoms with Crippen molar-refractivity contribution < 1.29 is 9.53 Å². The number of carbonyl (C=O) groups excluding carboxylic acids is 1. The van der Waals surface area contributed by atoms with Crippen LogP contribution >= 0.6 is 0 Å². The smallest absolute Gasteiger partial charge is 0.262 e. The second-order valence-electron chi connectivity index (χ2n) is 6.42. The van der Waals surface area contributed by atoms with Gasteiger partial charge in [0.15, 0.2) is 0 Å². The zero-order valence-electron chi connectivity index (χ0n) is 15.1. The summed E-state index contributed by atoms with van der Waals surface area (Å²) in [5, 5.41) is 4.15. The zero-order valence-corrected chi connectivity index (χ0v) is 15.1. The van der Waals surface area contributed by atoms with Crippen LogP contribution in [0.4, 0.5) is 0 Å².